The first-order chi connectivity index (χ1) is 10.0. The van der Waals surface area contributed by atoms with Crippen molar-refractivity contribution in [3.63, 3.8) is 0 Å². The number of aromatic nitrogens is 3. The molecule has 0 radical (unpaired) electrons. The van der Waals surface area contributed by atoms with Crippen molar-refractivity contribution in [2.24, 2.45) is 0 Å². The topological polar surface area (TPSA) is 65.4 Å². The first-order valence-corrected chi connectivity index (χ1v) is 5.91. The molecule has 0 amide bonds. The number of benzene rings is 1. The van der Waals surface area contributed by atoms with Crippen LogP contribution in [0, 0.1) is 11.3 Å². The van der Waals surface area contributed by atoms with Gasteiger partial charge >= 0.3 is 6.18 Å². The van der Waals surface area contributed by atoms with E-state index in [1.54, 1.807) is 0 Å². The van der Waals surface area contributed by atoms with E-state index in [-0.39, 0.29) is 22.3 Å². The monoisotopic (exact) mass is 288 g/mol. The van der Waals surface area contributed by atoms with Crippen LogP contribution in [0.2, 0.25) is 0 Å². The van der Waals surface area contributed by atoms with E-state index in [9.17, 15) is 13.2 Å². The van der Waals surface area contributed by atoms with Crippen LogP contribution < -0.4 is 0 Å². The van der Waals surface area contributed by atoms with Crippen molar-refractivity contribution in [1.29, 1.82) is 5.26 Å². The molecule has 0 unspecified atom stereocenters. The second-order valence-corrected chi connectivity index (χ2v) is 4.31. The lowest BCUT2D eigenvalue weighted by Crippen LogP contribution is -2.06. The first kappa shape index (κ1) is 13.1. The van der Waals surface area contributed by atoms with Crippen LogP contribution in [-0.2, 0) is 6.18 Å². The van der Waals surface area contributed by atoms with Crippen LogP contribution in [0.1, 0.15) is 11.3 Å². The van der Waals surface area contributed by atoms with Crippen LogP contribution in [-0.4, -0.2) is 15.0 Å². The van der Waals surface area contributed by atoms with Crippen LogP contribution in [0.25, 0.3) is 22.3 Å². The lowest BCUT2D eigenvalue weighted by atomic mass is 10.0. The predicted molar refractivity (Wildman–Crippen MR) is 69.0 cm³/mol. The van der Waals surface area contributed by atoms with Crippen LogP contribution >= 0.6 is 0 Å². The van der Waals surface area contributed by atoms with Crippen LogP contribution in [0.15, 0.2) is 36.7 Å². The summed E-state index contributed by atoms with van der Waals surface area (Å²) in [6, 6.07) is 7.05. The largest absolute Gasteiger partial charge is 0.417 e. The van der Waals surface area contributed by atoms with Crippen molar-refractivity contribution in [3.05, 3.63) is 47.9 Å². The van der Waals surface area contributed by atoms with Crippen LogP contribution in [0.5, 0.6) is 0 Å². The highest BCUT2D eigenvalue weighted by Gasteiger charge is 2.34. The Morgan fingerprint density at radius 2 is 1.90 bits per heavy atom. The van der Waals surface area contributed by atoms with Gasteiger partial charge < -0.3 is 4.98 Å². The number of fused-ring (bicyclic) bond motifs is 1. The third-order valence-corrected chi connectivity index (χ3v) is 3.02. The smallest absolute Gasteiger partial charge is 0.344 e. The molecule has 0 saturated carbocycles. The minimum atomic E-state index is -4.47. The van der Waals surface area contributed by atoms with Gasteiger partial charge in [-0.05, 0) is 11.6 Å². The summed E-state index contributed by atoms with van der Waals surface area (Å²) in [7, 11) is 0. The standard InChI is InChI=1S/C14H7F3N4/c15-14(16,17)11-4-2-1-3-9(11)10-7-20-13-12(10)21-8(5-18)6-19-13/h1-4,6-7H,(H,19,20). The second-order valence-electron chi connectivity index (χ2n) is 4.31. The Morgan fingerprint density at radius 3 is 2.62 bits per heavy atom. The fourth-order valence-corrected chi connectivity index (χ4v) is 2.12. The summed E-state index contributed by atoms with van der Waals surface area (Å²) in [4.78, 5) is 10.8. The number of aromatic amines is 1. The molecule has 104 valence electrons. The molecule has 0 saturated heterocycles. The zero-order valence-corrected chi connectivity index (χ0v) is 10.4. The SMILES string of the molecule is N#Cc1cnc2[nH]cc(-c3ccccc3C(F)(F)F)c2n1. The minimum absolute atomic E-state index is 0.000592. The summed E-state index contributed by atoms with van der Waals surface area (Å²) >= 11 is 0. The number of hydrogen-bond acceptors (Lipinski definition) is 3. The highest BCUT2D eigenvalue weighted by Crippen LogP contribution is 2.38. The first-order valence-electron chi connectivity index (χ1n) is 5.91. The Hall–Kier alpha value is -2.88. The maximum Gasteiger partial charge on any atom is 0.417 e. The molecule has 3 aromatic rings. The maximum absolute atomic E-state index is 13.1. The van der Waals surface area contributed by atoms with E-state index < -0.39 is 11.7 Å². The van der Waals surface area contributed by atoms with Gasteiger partial charge in [0, 0.05) is 11.8 Å². The molecule has 3 rings (SSSR count). The molecule has 0 bridgehead atoms. The van der Waals surface area contributed by atoms with Gasteiger partial charge in [0.15, 0.2) is 11.3 Å². The number of halogens is 3. The Morgan fingerprint density at radius 1 is 1.14 bits per heavy atom. The third-order valence-electron chi connectivity index (χ3n) is 3.02. The average Bonchev–Trinajstić information content (AvgIpc) is 2.89. The summed E-state index contributed by atoms with van der Waals surface area (Å²) in [5.74, 6) is 0. The molecule has 0 atom stereocenters. The molecule has 4 nitrogen and oxygen atoms in total. The van der Waals surface area contributed by atoms with Gasteiger partial charge in [-0.3, -0.25) is 0 Å². The predicted octanol–water partition coefficient (Wildman–Crippen LogP) is 3.52. The lowest BCUT2D eigenvalue weighted by Gasteiger charge is -2.11. The van der Waals surface area contributed by atoms with Crippen LogP contribution in [0.4, 0.5) is 13.2 Å². The van der Waals surface area contributed by atoms with E-state index in [1.165, 1.54) is 30.6 Å². The van der Waals surface area contributed by atoms with Gasteiger partial charge in [-0.15, -0.1) is 0 Å². The number of H-pyrrole nitrogens is 1. The van der Waals surface area contributed by atoms with E-state index in [4.69, 9.17) is 5.26 Å². The van der Waals surface area contributed by atoms with Crippen molar-refractivity contribution in [2.75, 3.05) is 0 Å². The number of rotatable bonds is 1. The molecule has 0 aliphatic carbocycles. The molecule has 2 heterocycles. The fraction of sp³-hybridized carbons (Fsp3) is 0.0714. The zero-order valence-electron chi connectivity index (χ0n) is 10.4. The normalized spacial score (nSPS) is 11.5. The number of nitriles is 1. The number of alkyl halides is 3. The lowest BCUT2D eigenvalue weighted by molar-refractivity contribution is -0.137. The van der Waals surface area contributed by atoms with Crippen molar-refractivity contribution in [1.82, 2.24) is 15.0 Å². The van der Waals surface area contributed by atoms with Gasteiger partial charge in [0.2, 0.25) is 0 Å². The van der Waals surface area contributed by atoms with Crippen molar-refractivity contribution in [3.8, 4) is 17.2 Å². The molecule has 2 aromatic heterocycles. The summed E-state index contributed by atoms with van der Waals surface area (Å²) in [5.41, 5.74) is 0.137. The van der Waals surface area contributed by atoms with E-state index in [1.807, 2.05) is 6.07 Å². The quantitative estimate of drug-likeness (QED) is 0.745. The van der Waals surface area contributed by atoms with Crippen molar-refractivity contribution >= 4 is 11.2 Å². The van der Waals surface area contributed by atoms with Crippen LogP contribution in [0.3, 0.4) is 0 Å². The molecule has 7 heteroatoms. The third kappa shape index (κ3) is 2.21. The molecule has 0 aliphatic rings. The van der Waals surface area contributed by atoms with Gasteiger partial charge in [0.05, 0.1) is 11.8 Å². The Balaban J connectivity index is 2.29. The molecule has 0 fully saturated rings. The molecular formula is C14H7F3N4. The van der Waals surface area contributed by atoms with E-state index in [0.717, 1.165) is 6.07 Å². The molecule has 1 N–H and O–H groups in total. The molecule has 0 aliphatic heterocycles. The second kappa shape index (κ2) is 4.59. The highest BCUT2D eigenvalue weighted by atomic mass is 19.4. The molecular weight excluding hydrogens is 281 g/mol. The van der Waals surface area contributed by atoms with Crippen molar-refractivity contribution < 1.29 is 13.2 Å². The Bertz CT molecular complexity index is 859. The van der Waals surface area contributed by atoms with Gasteiger partial charge in [0.25, 0.3) is 0 Å². The number of hydrogen-bond donors (Lipinski definition) is 1. The highest BCUT2D eigenvalue weighted by molar-refractivity contribution is 5.91. The molecule has 1 aromatic carbocycles. The Kier molecular flexibility index (Phi) is 2.87. The summed E-state index contributed by atoms with van der Waals surface area (Å²) in [6.07, 6.45) is -1.80. The van der Waals surface area contributed by atoms with Gasteiger partial charge in [0.1, 0.15) is 11.6 Å². The Labute approximate surface area is 116 Å². The van der Waals surface area contributed by atoms with E-state index >= 15 is 0 Å². The van der Waals surface area contributed by atoms with E-state index in [2.05, 4.69) is 15.0 Å². The number of nitrogens with one attached hydrogen (secondary N) is 1. The number of nitrogens with zero attached hydrogens (tertiary/aromatic N) is 3. The van der Waals surface area contributed by atoms with Gasteiger partial charge in [-0.2, -0.15) is 18.4 Å². The average molecular weight is 288 g/mol. The molecule has 21 heavy (non-hydrogen) atoms. The zero-order chi connectivity index (χ0) is 15.0. The summed E-state index contributed by atoms with van der Waals surface area (Å²) in [5, 5.41) is 8.84. The van der Waals surface area contributed by atoms with Crippen molar-refractivity contribution in [2.45, 2.75) is 6.18 Å². The van der Waals surface area contributed by atoms with Gasteiger partial charge in [-0.25, -0.2) is 9.97 Å². The van der Waals surface area contributed by atoms with Gasteiger partial charge in [-0.1, -0.05) is 18.2 Å². The maximum atomic E-state index is 13.1. The molecule has 0 spiro atoms. The van der Waals surface area contributed by atoms with E-state index in [0.29, 0.717) is 5.65 Å². The summed E-state index contributed by atoms with van der Waals surface area (Å²) in [6.45, 7) is 0. The fourth-order valence-electron chi connectivity index (χ4n) is 2.12. The minimum Gasteiger partial charge on any atom is -0.344 e. The summed E-state index contributed by atoms with van der Waals surface area (Å²) < 4.78 is 39.3.